The molecule has 0 amide bonds. The standard InChI is InChI=1S/C24H32O2/c1-7-9-23(25)10-8-11-24(26,16-23)18-15-20-19(14-17(18)2)21(3,4)12-13-22(20,5)6/h8,10,14-15,25-26H,11-13,16H2,1-6H3. The van der Waals surface area contributed by atoms with Crippen LogP contribution in [0.25, 0.3) is 0 Å². The van der Waals surface area contributed by atoms with Gasteiger partial charge in [-0.25, -0.2) is 0 Å². The third-order valence-electron chi connectivity index (χ3n) is 6.45. The Labute approximate surface area is 158 Å². The van der Waals surface area contributed by atoms with Crippen LogP contribution < -0.4 is 0 Å². The van der Waals surface area contributed by atoms with Gasteiger partial charge in [0, 0.05) is 6.42 Å². The fraction of sp³-hybridized carbons (Fsp3) is 0.583. The van der Waals surface area contributed by atoms with Crippen molar-refractivity contribution in [3.05, 3.63) is 46.5 Å². The number of fused-ring (bicyclic) bond motifs is 1. The van der Waals surface area contributed by atoms with Crippen molar-refractivity contribution in [2.75, 3.05) is 0 Å². The first-order valence-electron chi connectivity index (χ1n) is 9.65. The second kappa shape index (κ2) is 5.98. The zero-order valence-corrected chi connectivity index (χ0v) is 17.0. The van der Waals surface area contributed by atoms with Crippen LogP contribution in [0.2, 0.25) is 0 Å². The molecule has 2 atom stereocenters. The molecule has 0 bridgehead atoms. The van der Waals surface area contributed by atoms with Crippen molar-refractivity contribution in [2.45, 2.75) is 89.3 Å². The summed E-state index contributed by atoms with van der Waals surface area (Å²) in [6.45, 7) is 13.0. The molecule has 2 N–H and O–H groups in total. The Kier molecular flexibility index (Phi) is 4.42. The highest BCUT2D eigenvalue weighted by atomic mass is 16.3. The third kappa shape index (κ3) is 3.13. The molecule has 2 nitrogen and oxygen atoms in total. The van der Waals surface area contributed by atoms with E-state index < -0.39 is 11.2 Å². The average Bonchev–Trinajstić information content (AvgIpc) is 2.51. The second-order valence-electron chi connectivity index (χ2n) is 9.59. The van der Waals surface area contributed by atoms with Crippen molar-refractivity contribution in [3.8, 4) is 11.8 Å². The van der Waals surface area contributed by atoms with Crippen LogP contribution in [0, 0.1) is 18.8 Å². The maximum Gasteiger partial charge on any atom is 0.147 e. The molecule has 1 aromatic rings. The fourth-order valence-corrected chi connectivity index (χ4v) is 4.76. The highest BCUT2D eigenvalue weighted by Crippen LogP contribution is 2.49. The Morgan fingerprint density at radius 2 is 1.50 bits per heavy atom. The molecule has 26 heavy (non-hydrogen) atoms. The molecule has 0 fully saturated rings. The number of aliphatic hydroxyl groups is 2. The van der Waals surface area contributed by atoms with Gasteiger partial charge in [0.1, 0.15) is 5.60 Å². The van der Waals surface area contributed by atoms with Crippen LogP contribution in [0.3, 0.4) is 0 Å². The van der Waals surface area contributed by atoms with E-state index in [4.69, 9.17) is 0 Å². The van der Waals surface area contributed by atoms with Crippen LogP contribution in [0.5, 0.6) is 0 Å². The fourth-order valence-electron chi connectivity index (χ4n) is 4.76. The van der Waals surface area contributed by atoms with Crippen molar-refractivity contribution >= 4 is 0 Å². The van der Waals surface area contributed by atoms with Crippen molar-refractivity contribution in [2.24, 2.45) is 0 Å². The molecule has 0 aliphatic heterocycles. The molecule has 0 saturated carbocycles. The van der Waals surface area contributed by atoms with E-state index in [1.54, 1.807) is 13.0 Å². The van der Waals surface area contributed by atoms with Gasteiger partial charge in [-0.1, -0.05) is 51.8 Å². The van der Waals surface area contributed by atoms with Gasteiger partial charge in [0.2, 0.25) is 0 Å². The van der Waals surface area contributed by atoms with Crippen LogP contribution in [-0.2, 0) is 16.4 Å². The van der Waals surface area contributed by atoms with Crippen LogP contribution in [0.4, 0.5) is 0 Å². The van der Waals surface area contributed by atoms with E-state index in [9.17, 15) is 10.2 Å². The lowest BCUT2D eigenvalue weighted by molar-refractivity contribution is -0.0302. The summed E-state index contributed by atoms with van der Waals surface area (Å²) in [6.07, 6.45) is 6.61. The Hall–Kier alpha value is -1.56. The van der Waals surface area contributed by atoms with E-state index >= 15 is 0 Å². The van der Waals surface area contributed by atoms with Gasteiger partial charge in [-0.2, -0.15) is 0 Å². The van der Waals surface area contributed by atoms with Crippen LogP contribution in [-0.4, -0.2) is 15.8 Å². The van der Waals surface area contributed by atoms with E-state index in [0.29, 0.717) is 6.42 Å². The number of hydrogen-bond acceptors (Lipinski definition) is 2. The highest BCUT2D eigenvalue weighted by molar-refractivity contribution is 5.49. The van der Waals surface area contributed by atoms with Gasteiger partial charge in [0.25, 0.3) is 0 Å². The van der Waals surface area contributed by atoms with E-state index in [-0.39, 0.29) is 17.3 Å². The minimum atomic E-state index is -1.26. The lowest BCUT2D eigenvalue weighted by atomic mass is 9.61. The predicted molar refractivity (Wildman–Crippen MR) is 107 cm³/mol. The van der Waals surface area contributed by atoms with Gasteiger partial charge >= 0.3 is 0 Å². The molecule has 2 heteroatoms. The smallest absolute Gasteiger partial charge is 0.147 e. The van der Waals surface area contributed by atoms with Gasteiger partial charge in [-0.15, -0.1) is 5.92 Å². The molecule has 1 aromatic carbocycles. The molecule has 0 spiro atoms. The van der Waals surface area contributed by atoms with Gasteiger partial charge in [-0.3, -0.25) is 0 Å². The van der Waals surface area contributed by atoms with Crippen molar-refractivity contribution in [1.29, 1.82) is 0 Å². The van der Waals surface area contributed by atoms with Crippen molar-refractivity contribution in [1.82, 2.24) is 0 Å². The maximum atomic E-state index is 11.5. The average molecular weight is 353 g/mol. The summed E-state index contributed by atoms with van der Waals surface area (Å²) >= 11 is 0. The first-order valence-corrected chi connectivity index (χ1v) is 9.65. The Morgan fingerprint density at radius 1 is 0.923 bits per heavy atom. The quantitative estimate of drug-likeness (QED) is 0.571. The zero-order valence-electron chi connectivity index (χ0n) is 17.0. The molecular weight excluding hydrogens is 320 g/mol. The monoisotopic (exact) mass is 352 g/mol. The van der Waals surface area contributed by atoms with Crippen LogP contribution in [0.1, 0.15) is 82.6 Å². The number of rotatable bonds is 1. The number of hydrogen-bond donors (Lipinski definition) is 2. The Balaban J connectivity index is 2.15. The topological polar surface area (TPSA) is 40.5 Å². The minimum absolute atomic E-state index is 0.0910. The zero-order chi connectivity index (χ0) is 19.4. The summed E-state index contributed by atoms with van der Waals surface area (Å²) in [7, 11) is 0. The van der Waals surface area contributed by atoms with Crippen LogP contribution in [0.15, 0.2) is 24.3 Å². The van der Waals surface area contributed by atoms with Crippen LogP contribution >= 0.6 is 0 Å². The van der Waals surface area contributed by atoms with Crippen molar-refractivity contribution in [3.63, 3.8) is 0 Å². The second-order valence-corrected chi connectivity index (χ2v) is 9.59. The first kappa shape index (κ1) is 19.2. The molecule has 140 valence electrons. The highest BCUT2D eigenvalue weighted by Gasteiger charge is 2.43. The SMILES string of the molecule is CC#CC1(O)C=CCC(O)(c2cc3c(cc2C)C(C)(C)CCC3(C)C)C1. The largest absolute Gasteiger partial charge is 0.385 e. The summed E-state index contributed by atoms with van der Waals surface area (Å²) in [4.78, 5) is 0. The van der Waals surface area contributed by atoms with E-state index in [1.165, 1.54) is 17.5 Å². The predicted octanol–water partition coefficient (Wildman–Crippen LogP) is 4.64. The van der Waals surface area contributed by atoms with E-state index in [1.807, 2.05) is 6.08 Å². The molecule has 0 radical (unpaired) electrons. The van der Waals surface area contributed by atoms with Gasteiger partial charge in [-0.05, 0) is 72.3 Å². The molecule has 3 rings (SSSR count). The number of benzene rings is 1. The summed E-state index contributed by atoms with van der Waals surface area (Å²) in [5.41, 5.74) is 2.65. The van der Waals surface area contributed by atoms with Gasteiger partial charge in [0.15, 0.2) is 0 Å². The molecule has 0 aromatic heterocycles. The molecule has 2 aliphatic rings. The van der Waals surface area contributed by atoms with Gasteiger partial charge < -0.3 is 10.2 Å². The van der Waals surface area contributed by atoms with Crippen molar-refractivity contribution < 1.29 is 10.2 Å². The lowest BCUT2D eigenvalue weighted by Gasteiger charge is -2.44. The minimum Gasteiger partial charge on any atom is -0.385 e. The summed E-state index contributed by atoms with van der Waals surface area (Å²) < 4.78 is 0. The maximum absolute atomic E-state index is 11.5. The summed E-state index contributed by atoms with van der Waals surface area (Å²) in [5, 5.41) is 22.3. The molecule has 2 aliphatic carbocycles. The normalized spacial score (nSPS) is 31.7. The lowest BCUT2D eigenvalue weighted by Crippen LogP contribution is -2.41. The van der Waals surface area contributed by atoms with E-state index in [0.717, 1.165) is 17.5 Å². The Morgan fingerprint density at radius 3 is 2.08 bits per heavy atom. The molecule has 2 unspecified atom stereocenters. The summed E-state index contributed by atoms with van der Waals surface area (Å²) in [6, 6.07) is 4.48. The molecule has 0 saturated heterocycles. The van der Waals surface area contributed by atoms with E-state index in [2.05, 4.69) is 58.6 Å². The Bertz CT molecular complexity index is 819. The molecular formula is C24H32O2. The number of aryl methyl sites for hydroxylation is 1. The van der Waals surface area contributed by atoms with Gasteiger partial charge in [0.05, 0.1) is 5.60 Å². The summed E-state index contributed by atoms with van der Waals surface area (Å²) in [5.74, 6) is 5.65. The first-order chi connectivity index (χ1) is 11.9. The molecule has 0 heterocycles. The third-order valence-corrected chi connectivity index (χ3v) is 6.45.